The lowest BCUT2D eigenvalue weighted by Crippen LogP contribution is -2.26. The van der Waals surface area contributed by atoms with E-state index in [0.29, 0.717) is 6.54 Å². The maximum absolute atomic E-state index is 12.9. The van der Waals surface area contributed by atoms with Crippen molar-refractivity contribution >= 4 is 0 Å². The summed E-state index contributed by atoms with van der Waals surface area (Å²) in [6.07, 6.45) is 1.68. The largest absolute Gasteiger partial charge is 0.468 e. The van der Waals surface area contributed by atoms with Gasteiger partial charge in [-0.25, -0.2) is 4.68 Å². The second-order valence-corrected chi connectivity index (χ2v) is 6.15. The molecule has 3 aromatic rings. The molecule has 2 aromatic heterocycles. The van der Waals surface area contributed by atoms with Crippen molar-refractivity contribution in [2.75, 3.05) is 7.05 Å². The van der Waals surface area contributed by atoms with E-state index in [1.807, 2.05) is 68.2 Å². The van der Waals surface area contributed by atoms with Gasteiger partial charge in [0, 0.05) is 19.3 Å². The normalized spacial score (nSPS) is 12.7. The van der Waals surface area contributed by atoms with Crippen LogP contribution in [0.3, 0.4) is 0 Å². The zero-order valence-corrected chi connectivity index (χ0v) is 14.6. The molecule has 0 radical (unpaired) electrons. The third kappa shape index (κ3) is 2.83. The maximum atomic E-state index is 12.9. The second-order valence-electron chi connectivity index (χ2n) is 6.15. The monoisotopic (exact) mass is 325 g/mol. The van der Waals surface area contributed by atoms with Crippen LogP contribution in [0.5, 0.6) is 0 Å². The highest BCUT2D eigenvalue weighted by Crippen LogP contribution is 2.21. The third-order valence-electron chi connectivity index (χ3n) is 4.70. The Hall–Kier alpha value is -2.53. The molecule has 2 heterocycles. The second kappa shape index (κ2) is 6.53. The topological polar surface area (TPSA) is 43.3 Å². The number of aromatic nitrogens is 2. The molecule has 3 rings (SSSR count). The molecule has 0 aliphatic carbocycles. The summed E-state index contributed by atoms with van der Waals surface area (Å²) < 4.78 is 9.12. The molecule has 0 spiro atoms. The summed E-state index contributed by atoms with van der Waals surface area (Å²) in [5, 5.41) is 0. The molecule has 0 saturated heterocycles. The van der Waals surface area contributed by atoms with Gasteiger partial charge in [-0.3, -0.25) is 14.4 Å². The van der Waals surface area contributed by atoms with E-state index >= 15 is 0 Å². The molecule has 0 bridgehead atoms. The van der Waals surface area contributed by atoms with Gasteiger partial charge in [0.1, 0.15) is 5.76 Å². The van der Waals surface area contributed by atoms with Gasteiger partial charge in [-0.15, -0.1) is 0 Å². The molecular weight excluding hydrogens is 302 g/mol. The van der Waals surface area contributed by atoms with Crippen LogP contribution >= 0.6 is 0 Å². The highest BCUT2D eigenvalue weighted by atomic mass is 16.3. The zero-order chi connectivity index (χ0) is 17.3. The van der Waals surface area contributed by atoms with E-state index < -0.39 is 0 Å². The van der Waals surface area contributed by atoms with Crippen LogP contribution in [0, 0.1) is 6.92 Å². The lowest BCUT2D eigenvalue weighted by Gasteiger charge is -2.22. The van der Waals surface area contributed by atoms with E-state index in [9.17, 15) is 4.79 Å². The average Bonchev–Trinajstić information content (AvgIpc) is 3.19. The van der Waals surface area contributed by atoms with Crippen molar-refractivity contribution in [1.82, 2.24) is 14.3 Å². The molecule has 1 atom stereocenters. The number of benzene rings is 1. The minimum atomic E-state index is 0.0275. The summed E-state index contributed by atoms with van der Waals surface area (Å²) in [4.78, 5) is 15.1. The SMILES string of the molecule is Cc1c(CN(C)C(C)c2ccco2)c(=O)n(-c2ccccc2)n1C. The van der Waals surface area contributed by atoms with E-state index in [1.54, 1.807) is 10.9 Å². The highest BCUT2D eigenvalue weighted by molar-refractivity contribution is 5.33. The first kappa shape index (κ1) is 16.3. The average molecular weight is 325 g/mol. The van der Waals surface area contributed by atoms with Crippen LogP contribution in [0.25, 0.3) is 5.69 Å². The van der Waals surface area contributed by atoms with Crippen LogP contribution in [0.2, 0.25) is 0 Å². The van der Waals surface area contributed by atoms with Crippen LogP contribution in [-0.2, 0) is 13.6 Å². The molecule has 24 heavy (non-hydrogen) atoms. The Labute approximate surface area is 141 Å². The number of hydrogen-bond acceptors (Lipinski definition) is 3. The number of furan rings is 1. The Morgan fingerprint density at radius 3 is 2.50 bits per heavy atom. The summed E-state index contributed by atoms with van der Waals surface area (Å²) in [5.74, 6) is 0.898. The number of para-hydroxylation sites is 1. The smallest absolute Gasteiger partial charge is 0.276 e. The summed E-state index contributed by atoms with van der Waals surface area (Å²) in [6.45, 7) is 4.63. The molecule has 1 aromatic carbocycles. The Balaban J connectivity index is 1.94. The van der Waals surface area contributed by atoms with Crippen LogP contribution in [0.1, 0.15) is 30.0 Å². The van der Waals surface area contributed by atoms with E-state index in [0.717, 1.165) is 22.7 Å². The minimum absolute atomic E-state index is 0.0275. The van der Waals surface area contributed by atoms with Crippen molar-refractivity contribution in [2.24, 2.45) is 7.05 Å². The van der Waals surface area contributed by atoms with Gasteiger partial charge in [0.15, 0.2) is 0 Å². The van der Waals surface area contributed by atoms with Gasteiger partial charge in [0.25, 0.3) is 5.56 Å². The van der Waals surface area contributed by atoms with Crippen molar-refractivity contribution < 1.29 is 4.42 Å². The van der Waals surface area contributed by atoms with Crippen LogP contribution in [0.15, 0.2) is 57.9 Å². The van der Waals surface area contributed by atoms with Crippen molar-refractivity contribution in [3.05, 3.63) is 76.1 Å². The molecule has 5 nitrogen and oxygen atoms in total. The Kier molecular flexibility index (Phi) is 4.44. The lowest BCUT2D eigenvalue weighted by atomic mass is 10.2. The standard InChI is InChI=1S/C19H23N3O2/c1-14-17(13-20(3)15(2)18-11-8-12-24-18)19(23)22(21(14)4)16-9-6-5-7-10-16/h5-12,15H,13H2,1-4H3. The van der Waals surface area contributed by atoms with Crippen LogP contribution in [0.4, 0.5) is 0 Å². The van der Waals surface area contributed by atoms with E-state index in [-0.39, 0.29) is 11.6 Å². The molecule has 0 amide bonds. The van der Waals surface area contributed by atoms with Gasteiger partial charge in [-0.2, -0.15) is 0 Å². The molecule has 126 valence electrons. The molecule has 1 unspecified atom stereocenters. The predicted molar refractivity (Wildman–Crippen MR) is 94.3 cm³/mol. The fourth-order valence-electron chi connectivity index (χ4n) is 2.94. The first-order valence-electron chi connectivity index (χ1n) is 8.07. The molecule has 0 aliphatic rings. The van der Waals surface area contributed by atoms with Crippen molar-refractivity contribution in [2.45, 2.75) is 26.4 Å². The molecule has 0 N–H and O–H groups in total. The first-order valence-corrected chi connectivity index (χ1v) is 8.07. The molecule has 0 fully saturated rings. The van der Waals surface area contributed by atoms with Gasteiger partial charge in [-0.05, 0) is 45.2 Å². The van der Waals surface area contributed by atoms with E-state index in [4.69, 9.17) is 4.42 Å². The zero-order valence-electron chi connectivity index (χ0n) is 14.6. The summed E-state index contributed by atoms with van der Waals surface area (Å²) in [7, 11) is 3.93. The molecular formula is C19H23N3O2. The molecule has 0 aliphatic heterocycles. The fourth-order valence-corrected chi connectivity index (χ4v) is 2.94. The van der Waals surface area contributed by atoms with Crippen molar-refractivity contribution in [3.63, 3.8) is 0 Å². The Bertz CT molecular complexity index is 860. The summed E-state index contributed by atoms with van der Waals surface area (Å²) in [6, 6.07) is 13.7. The molecule has 0 saturated carbocycles. The summed E-state index contributed by atoms with van der Waals surface area (Å²) >= 11 is 0. The van der Waals surface area contributed by atoms with Gasteiger partial charge in [0.2, 0.25) is 0 Å². The molecule has 5 heteroatoms. The lowest BCUT2D eigenvalue weighted by molar-refractivity contribution is 0.222. The Morgan fingerprint density at radius 2 is 1.88 bits per heavy atom. The van der Waals surface area contributed by atoms with Gasteiger partial charge >= 0.3 is 0 Å². The van der Waals surface area contributed by atoms with Crippen LogP contribution in [-0.4, -0.2) is 21.3 Å². The van der Waals surface area contributed by atoms with Gasteiger partial charge in [0.05, 0.1) is 23.6 Å². The highest BCUT2D eigenvalue weighted by Gasteiger charge is 2.21. The van der Waals surface area contributed by atoms with Crippen molar-refractivity contribution in [1.29, 1.82) is 0 Å². The number of rotatable bonds is 5. The van der Waals surface area contributed by atoms with Crippen molar-refractivity contribution in [3.8, 4) is 5.69 Å². The summed E-state index contributed by atoms with van der Waals surface area (Å²) in [5.41, 5.74) is 2.69. The van der Waals surface area contributed by atoms with E-state index in [1.165, 1.54) is 0 Å². The Morgan fingerprint density at radius 1 is 1.17 bits per heavy atom. The van der Waals surface area contributed by atoms with E-state index in [2.05, 4.69) is 11.8 Å². The third-order valence-corrected chi connectivity index (χ3v) is 4.70. The predicted octanol–water partition coefficient (Wildman–Crippen LogP) is 3.27. The maximum Gasteiger partial charge on any atom is 0.276 e. The number of hydrogen-bond donors (Lipinski definition) is 0. The van der Waals surface area contributed by atoms with Crippen LogP contribution < -0.4 is 5.56 Å². The number of nitrogens with zero attached hydrogens (tertiary/aromatic N) is 3. The van der Waals surface area contributed by atoms with Gasteiger partial charge < -0.3 is 4.42 Å². The quantitative estimate of drug-likeness (QED) is 0.723. The minimum Gasteiger partial charge on any atom is -0.468 e. The fraction of sp³-hybridized carbons (Fsp3) is 0.316. The van der Waals surface area contributed by atoms with Gasteiger partial charge in [-0.1, -0.05) is 18.2 Å². The first-order chi connectivity index (χ1) is 11.5.